The molecule has 1 aromatic heterocycles. The molecule has 0 radical (unpaired) electrons. The zero-order chi connectivity index (χ0) is 13.2. The summed E-state index contributed by atoms with van der Waals surface area (Å²) in [5.41, 5.74) is 6.07. The smallest absolute Gasteiger partial charge is 0.320 e. The van der Waals surface area contributed by atoms with E-state index in [1.807, 2.05) is 6.92 Å². The Morgan fingerprint density at radius 1 is 1.41 bits per heavy atom. The van der Waals surface area contributed by atoms with Gasteiger partial charge in [-0.1, -0.05) is 18.5 Å². The molecule has 1 unspecified atom stereocenters. The van der Waals surface area contributed by atoms with Crippen LogP contribution in [0.25, 0.3) is 0 Å². The van der Waals surface area contributed by atoms with Crippen LogP contribution in [0.15, 0.2) is 0 Å². The third-order valence-corrected chi connectivity index (χ3v) is 2.96. The molecule has 0 aromatic carbocycles. The molecule has 1 atom stereocenters. The van der Waals surface area contributed by atoms with Gasteiger partial charge in [0.25, 0.3) is 0 Å². The summed E-state index contributed by atoms with van der Waals surface area (Å²) in [7, 11) is 0. The molecular formula is C10H15ClF3N3. The van der Waals surface area contributed by atoms with E-state index in [-0.39, 0.29) is 6.42 Å². The van der Waals surface area contributed by atoms with Gasteiger partial charge in [0, 0.05) is 13.0 Å². The first-order valence-electron chi connectivity index (χ1n) is 5.37. The van der Waals surface area contributed by atoms with E-state index in [1.165, 1.54) is 4.68 Å². The lowest BCUT2D eigenvalue weighted by molar-refractivity contribution is -0.147. The van der Waals surface area contributed by atoms with Crippen LogP contribution in [0.4, 0.5) is 13.2 Å². The van der Waals surface area contributed by atoms with Gasteiger partial charge in [-0.2, -0.15) is 18.3 Å². The first-order valence-corrected chi connectivity index (χ1v) is 5.75. The van der Waals surface area contributed by atoms with Crippen molar-refractivity contribution in [3.8, 4) is 0 Å². The third-order valence-electron chi connectivity index (χ3n) is 2.53. The number of nitrogens with zero attached hydrogens (tertiary/aromatic N) is 2. The fraction of sp³-hybridized carbons (Fsp3) is 0.700. The number of aryl methyl sites for hydroxylation is 2. The Hall–Kier alpha value is -0.750. The quantitative estimate of drug-likeness (QED) is 0.913. The number of rotatable bonds is 4. The minimum Gasteiger partial charge on any atom is -0.320 e. The van der Waals surface area contributed by atoms with E-state index >= 15 is 0 Å². The highest BCUT2D eigenvalue weighted by Crippen LogP contribution is 2.27. The van der Waals surface area contributed by atoms with E-state index in [2.05, 4.69) is 5.10 Å². The first kappa shape index (κ1) is 14.3. The molecule has 0 amide bonds. The zero-order valence-corrected chi connectivity index (χ0v) is 10.4. The highest BCUT2D eigenvalue weighted by Gasteiger charge is 2.37. The summed E-state index contributed by atoms with van der Waals surface area (Å²) >= 11 is 6.00. The van der Waals surface area contributed by atoms with Gasteiger partial charge in [0.2, 0.25) is 0 Å². The van der Waals surface area contributed by atoms with E-state index in [4.69, 9.17) is 17.3 Å². The van der Waals surface area contributed by atoms with E-state index in [1.54, 1.807) is 6.92 Å². The molecule has 1 aromatic rings. The van der Waals surface area contributed by atoms with Crippen LogP contribution >= 0.6 is 11.6 Å². The van der Waals surface area contributed by atoms with Crippen LogP contribution in [0.3, 0.4) is 0 Å². The maximum atomic E-state index is 12.4. The van der Waals surface area contributed by atoms with Crippen molar-refractivity contribution in [1.82, 2.24) is 9.78 Å². The monoisotopic (exact) mass is 269 g/mol. The number of hydrogen-bond donors (Lipinski definition) is 1. The van der Waals surface area contributed by atoms with Crippen molar-refractivity contribution in [1.29, 1.82) is 0 Å². The van der Waals surface area contributed by atoms with E-state index in [0.717, 1.165) is 0 Å². The van der Waals surface area contributed by atoms with Gasteiger partial charge in [0.1, 0.15) is 6.04 Å². The standard InChI is InChI=1S/C10H15ClF3N3/c1-3-6-9(11)7(17(4-2)16-6)5-8(15)10(12,13)14/h8H,3-5,15H2,1-2H3. The molecule has 0 aliphatic heterocycles. The van der Waals surface area contributed by atoms with Crippen molar-refractivity contribution in [3.63, 3.8) is 0 Å². The summed E-state index contributed by atoms with van der Waals surface area (Å²) in [6, 6.07) is -1.91. The summed E-state index contributed by atoms with van der Waals surface area (Å²) in [5.74, 6) is 0. The van der Waals surface area contributed by atoms with E-state index < -0.39 is 12.2 Å². The Kier molecular flexibility index (Phi) is 4.43. The Morgan fingerprint density at radius 3 is 2.41 bits per heavy atom. The molecule has 3 nitrogen and oxygen atoms in total. The topological polar surface area (TPSA) is 43.8 Å². The van der Waals surface area contributed by atoms with Crippen molar-refractivity contribution in [2.75, 3.05) is 0 Å². The maximum absolute atomic E-state index is 12.4. The maximum Gasteiger partial charge on any atom is 0.404 e. The van der Waals surface area contributed by atoms with Crippen LogP contribution < -0.4 is 5.73 Å². The lowest BCUT2D eigenvalue weighted by Gasteiger charge is -2.16. The van der Waals surface area contributed by atoms with Crippen LogP contribution in [0, 0.1) is 0 Å². The van der Waals surface area contributed by atoms with Crippen molar-refractivity contribution < 1.29 is 13.2 Å². The second-order valence-corrected chi connectivity index (χ2v) is 4.11. The number of nitrogens with two attached hydrogens (primary N) is 1. The molecule has 1 heterocycles. The minimum absolute atomic E-state index is 0.300. The molecule has 0 aliphatic carbocycles. The van der Waals surface area contributed by atoms with Gasteiger partial charge >= 0.3 is 6.18 Å². The number of alkyl halides is 3. The van der Waals surface area contributed by atoms with Crippen LogP contribution in [-0.2, 0) is 19.4 Å². The van der Waals surface area contributed by atoms with Crippen molar-refractivity contribution >= 4 is 11.6 Å². The van der Waals surface area contributed by atoms with Gasteiger partial charge in [-0.3, -0.25) is 4.68 Å². The Labute approximate surface area is 103 Å². The summed E-state index contributed by atoms with van der Waals surface area (Å²) in [6.07, 6.45) is -4.18. The number of hydrogen-bond acceptors (Lipinski definition) is 2. The van der Waals surface area contributed by atoms with Crippen LogP contribution in [-0.4, -0.2) is 22.0 Å². The molecule has 98 valence electrons. The average Bonchev–Trinajstić information content (AvgIpc) is 2.54. The predicted molar refractivity (Wildman–Crippen MR) is 60.0 cm³/mol. The summed E-state index contributed by atoms with van der Waals surface area (Å²) in [6.45, 7) is 4.12. The number of aromatic nitrogens is 2. The Balaban J connectivity index is 3.01. The molecule has 0 bridgehead atoms. The van der Waals surface area contributed by atoms with Gasteiger partial charge < -0.3 is 5.73 Å². The lowest BCUT2D eigenvalue weighted by atomic mass is 10.1. The Bertz CT molecular complexity index is 387. The molecular weight excluding hydrogens is 255 g/mol. The molecule has 0 saturated heterocycles. The fourth-order valence-corrected chi connectivity index (χ4v) is 1.88. The SMILES string of the molecule is CCc1nn(CC)c(CC(N)C(F)(F)F)c1Cl. The van der Waals surface area contributed by atoms with Gasteiger partial charge in [-0.25, -0.2) is 0 Å². The summed E-state index contributed by atoms with van der Waals surface area (Å²) in [5, 5.41) is 4.44. The highest BCUT2D eigenvalue weighted by molar-refractivity contribution is 6.31. The molecule has 0 spiro atoms. The van der Waals surface area contributed by atoms with Crippen molar-refractivity contribution in [2.45, 2.75) is 45.5 Å². The van der Waals surface area contributed by atoms with Crippen LogP contribution in [0.5, 0.6) is 0 Å². The van der Waals surface area contributed by atoms with Crippen molar-refractivity contribution in [3.05, 3.63) is 16.4 Å². The minimum atomic E-state index is -4.42. The van der Waals surface area contributed by atoms with Gasteiger partial charge in [-0.05, 0) is 13.3 Å². The highest BCUT2D eigenvalue weighted by atomic mass is 35.5. The average molecular weight is 270 g/mol. The molecule has 1 rings (SSSR count). The second kappa shape index (κ2) is 5.27. The molecule has 2 N–H and O–H groups in total. The van der Waals surface area contributed by atoms with Crippen LogP contribution in [0.2, 0.25) is 5.02 Å². The molecule has 0 saturated carbocycles. The van der Waals surface area contributed by atoms with Gasteiger partial charge in [-0.15, -0.1) is 0 Å². The normalized spacial score (nSPS) is 14.1. The second-order valence-electron chi connectivity index (χ2n) is 3.73. The third kappa shape index (κ3) is 3.13. The molecule has 7 heteroatoms. The lowest BCUT2D eigenvalue weighted by Crippen LogP contribution is -2.39. The van der Waals surface area contributed by atoms with E-state index in [9.17, 15) is 13.2 Å². The van der Waals surface area contributed by atoms with Crippen molar-refractivity contribution in [2.24, 2.45) is 5.73 Å². The van der Waals surface area contributed by atoms with Gasteiger partial charge in [0.05, 0.1) is 16.4 Å². The molecule has 17 heavy (non-hydrogen) atoms. The Morgan fingerprint density at radius 2 is 2.00 bits per heavy atom. The predicted octanol–water partition coefficient (Wildman–Crippen LogP) is 2.55. The van der Waals surface area contributed by atoms with Gasteiger partial charge in [0.15, 0.2) is 0 Å². The molecule has 0 aliphatic rings. The van der Waals surface area contributed by atoms with E-state index in [0.29, 0.717) is 29.4 Å². The largest absolute Gasteiger partial charge is 0.404 e. The fourth-order valence-electron chi connectivity index (χ4n) is 1.54. The zero-order valence-electron chi connectivity index (χ0n) is 9.68. The first-order chi connectivity index (χ1) is 7.81. The number of halogens is 4. The summed E-state index contributed by atoms with van der Waals surface area (Å²) < 4.78 is 38.7. The van der Waals surface area contributed by atoms with Crippen LogP contribution in [0.1, 0.15) is 25.2 Å². The summed E-state index contributed by atoms with van der Waals surface area (Å²) in [4.78, 5) is 0. The molecule has 0 fully saturated rings.